The van der Waals surface area contributed by atoms with E-state index in [0.29, 0.717) is 11.8 Å². The predicted octanol–water partition coefficient (Wildman–Crippen LogP) is 3.41. The first-order chi connectivity index (χ1) is 9.93. The Morgan fingerprint density at radius 1 is 1.00 bits per heavy atom. The summed E-state index contributed by atoms with van der Waals surface area (Å²) in [6, 6.07) is 8.79. The largest absolute Gasteiger partial charge is 0.383 e. The van der Waals surface area contributed by atoms with Crippen molar-refractivity contribution < 1.29 is 4.74 Å². The van der Waals surface area contributed by atoms with Crippen molar-refractivity contribution in [2.75, 3.05) is 33.4 Å². The number of rotatable bonds is 9. The lowest BCUT2D eigenvalue weighted by molar-refractivity contribution is 0.136. The van der Waals surface area contributed by atoms with E-state index >= 15 is 0 Å². The third kappa shape index (κ3) is 6.60. The van der Waals surface area contributed by atoms with Gasteiger partial charge in [-0.05, 0) is 23.0 Å². The number of methoxy groups -OCH3 is 1. The van der Waals surface area contributed by atoms with Crippen LogP contribution in [0.5, 0.6) is 0 Å². The van der Waals surface area contributed by atoms with Crippen LogP contribution in [0.15, 0.2) is 24.3 Å². The van der Waals surface area contributed by atoms with E-state index in [1.165, 1.54) is 11.1 Å². The maximum absolute atomic E-state index is 6.39. The number of hydrogen-bond acceptors (Lipinski definition) is 3. The average molecular weight is 292 g/mol. The van der Waals surface area contributed by atoms with Gasteiger partial charge in [-0.3, -0.25) is 4.90 Å². The van der Waals surface area contributed by atoms with Crippen molar-refractivity contribution in [2.45, 2.75) is 39.7 Å². The van der Waals surface area contributed by atoms with Gasteiger partial charge in [0.05, 0.1) is 6.61 Å². The minimum Gasteiger partial charge on any atom is -0.383 e. The van der Waals surface area contributed by atoms with Gasteiger partial charge in [0.2, 0.25) is 0 Å². The second-order valence-corrected chi connectivity index (χ2v) is 6.57. The summed E-state index contributed by atoms with van der Waals surface area (Å²) < 4.78 is 5.20. The van der Waals surface area contributed by atoms with Crippen LogP contribution in [-0.4, -0.2) is 38.3 Å². The molecule has 0 aliphatic heterocycles. The maximum atomic E-state index is 6.39. The van der Waals surface area contributed by atoms with Gasteiger partial charge in [-0.1, -0.05) is 52.0 Å². The molecule has 1 rings (SSSR count). The highest BCUT2D eigenvalue weighted by Crippen LogP contribution is 2.18. The Hall–Kier alpha value is -0.900. The minimum atomic E-state index is 0.0572. The van der Waals surface area contributed by atoms with E-state index in [1.54, 1.807) is 7.11 Å². The van der Waals surface area contributed by atoms with Gasteiger partial charge in [-0.2, -0.15) is 0 Å². The number of benzene rings is 1. The fourth-order valence-corrected chi connectivity index (χ4v) is 2.51. The Balaban J connectivity index is 2.64. The van der Waals surface area contributed by atoms with Gasteiger partial charge in [0.25, 0.3) is 0 Å². The third-order valence-electron chi connectivity index (χ3n) is 3.72. The summed E-state index contributed by atoms with van der Waals surface area (Å²) in [6.45, 7) is 12.5. The molecule has 0 aliphatic rings. The molecule has 0 amide bonds. The molecule has 0 radical (unpaired) electrons. The number of hydrogen-bond donors (Lipinski definition) is 1. The van der Waals surface area contributed by atoms with E-state index < -0.39 is 0 Å². The van der Waals surface area contributed by atoms with Crippen LogP contribution in [-0.2, 0) is 4.74 Å². The molecule has 1 atom stereocenters. The molecule has 0 heterocycles. The summed E-state index contributed by atoms with van der Waals surface area (Å²) in [5, 5.41) is 0. The lowest BCUT2D eigenvalue weighted by Crippen LogP contribution is -2.37. The van der Waals surface area contributed by atoms with Gasteiger partial charge in [-0.25, -0.2) is 0 Å². The van der Waals surface area contributed by atoms with E-state index in [0.717, 1.165) is 26.2 Å². The molecule has 0 saturated carbocycles. The zero-order valence-electron chi connectivity index (χ0n) is 14.3. The highest BCUT2D eigenvalue weighted by atomic mass is 16.5. The quantitative estimate of drug-likeness (QED) is 0.758. The Morgan fingerprint density at radius 3 is 2.05 bits per heavy atom. The van der Waals surface area contributed by atoms with Gasteiger partial charge in [-0.15, -0.1) is 0 Å². The fourth-order valence-electron chi connectivity index (χ4n) is 2.51. The molecule has 0 aromatic heterocycles. The Morgan fingerprint density at radius 2 is 1.57 bits per heavy atom. The van der Waals surface area contributed by atoms with Crippen molar-refractivity contribution in [3.8, 4) is 0 Å². The third-order valence-corrected chi connectivity index (χ3v) is 3.72. The van der Waals surface area contributed by atoms with Crippen molar-refractivity contribution in [2.24, 2.45) is 11.7 Å². The summed E-state index contributed by atoms with van der Waals surface area (Å²) in [5.41, 5.74) is 8.97. The molecule has 21 heavy (non-hydrogen) atoms. The summed E-state index contributed by atoms with van der Waals surface area (Å²) >= 11 is 0. The van der Waals surface area contributed by atoms with Gasteiger partial charge in [0.1, 0.15) is 0 Å². The van der Waals surface area contributed by atoms with Crippen molar-refractivity contribution in [1.29, 1.82) is 0 Å². The van der Waals surface area contributed by atoms with E-state index in [2.05, 4.69) is 56.9 Å². The van der Waals surface area contributed by atoms with E-state index in [-0.39, 0.29) is 6.04 Å². The summed E-state index contributed by atoms with van der Waals surface area (Å²) in [7, 11) is 1.75. The summed E-state index contributed by atoms with van der Waals surface area (Å²) in [6.07, 6.45) is 0. The van der Waals surface area contributed by atoms with Gasteiger partial charge >= 0.3 is 0 Å². The smallest absolute Gasteiger partial charge is 0.0589 e. The van der Waals surface area contributed by atoms with Crippen LogP contribution >= 0.6 is 0 Å². The van der Waals surface area contributed by atoms with Crippen LogP contribution in [0.1, 0.15) is 50.8 Å². The van der Waals surface area contributed by atoms with Gasteiger partial charge < -0.3 is 10.5 Å². The number of nitrogens with two attached hydrogens (primary N) is 1. The zero-order chi connectivity index (χ0) is 15.8. The molecule has 120 valence electrons. The van der Waals surface area contributed by atoms with Crippen molar-refractivity contribution in [3.63, 3.8) is 0 Å². The fraction of sp³-hybridized carbons (Fsp3) is 0.667. The van der Waals surface area contributed by atoms with E-state index in [1.807, 2.05) is 0 Å². The maximum Gasteiger partial charge on any atom is 0.0589 e. The summed E-state index contributed by atoms with van der Waals surface area (Å²) in [4.78, 5) is 2.40. The SMILES string of the molecule is COCCN(CC(C)C)CC(N)c1ccc(C(C)C)cc1. The van der Waals surface area contributed by atoms with Crippen molar-refractivity contribution >= 4 is 0 Å². The molecule has 0 aliphatic carbocycles. The molecular formula is C18H32N2O. The topological polar surface area (TPSA) is 38.5 Å². The Bertz CT molecular complexity index is 387. The van der Waals surface area contributed by atoms with Gasteiger partial charge in [0.15, 0.2) is 0 Å². The highest BCUT2D eigenvalue weighted by Gasteiger charge is 2.14. The molecule has 1 aromatic carbocycles. The highest BCUT2D eigenvalue weighted by molar-refractivity contribution is 5.26. The minimum absolute atomic E-state index is 0.0572. The predicted molar refractivity (Wildman–Crippen MR) is 90.6 cm³/mol. The average Bonchev–Trinajstić information content (AvgIpc) is 2.44. The molecule has 0 spiro atoms. The number of nitrogens with zero attached hydrogens (tertiary/aromatic N) is 1. The van der Waals surface area contributed by atoms with Gasteiger partial charge in [0, 0.05) is 32.8 Å². The first-order valence-electron chi connectivity index (χ1n) is 8.00. The number of ether oxygens (including phenoxy) is 1. The molecule has 2 N–H and O–H groups in total. The van der Waals surface area contributed by atoms with Crippen LogP contribution in [0.2, 0.25) is 0 Å². The van der Waals surface area contributed by atoms with Crippen molar-refractivity contribution in [1.82, 2.24) is 4.90 Å². The first kappa shape index (κ1) is 18.1. The molecular weight excluding hydrogens is 260 g/mol. The van der Waals surface area contributed by atoms with E-state index in [9.17, 15) is 0 Å². The molecule has 0 fully saturated rings. The first-order valence-corrected chi connectivity index (χ1v) is 8.00. The molecule has 0 saturated heterocycles. The van der Waals surface area contributed by atoms with Crippen LogP contribution < -0.4 is 5.73 Å². The zero-order valence-corrected chi connectivity index (χ0v) is 14.3. The lowest BCUT2D eigenvalue weighted by atomic mass is 9.99. The van der Waals surface area contributed by atoms with Crippen LogP contribution in [0.3, 0.4) is 0 Å². The Labute approximate surface area is 130 Å². The Kier molecular flexibility index (Phi) is 7.94. The molecule has 1 unspecified atom stereocenters. The molecule has 3 heteroatoms. The molecule has 1 aromatic rings. The molecule has 0 bridgehead atoms. The standard InChI is InChI=1S/C18H32N2O/c1-14(2)12-20(10-11-21-5)13-18(19)17-8-6-16(7-9-17)15(3)4/h6-9,14-15,18H,10-13,19H2,1-5H3. The molecule has 3 nitrogen and oxygen atoms in total. The van der Waals surface area contributed by atoms with E-state index in [4.69, 9.17) is 10.5 Å². The summed E-state index contributed by atoms with van der Waals surface area (Å²) in [5.74, 6) is 1.20. The monoisotopic (exact) mass is 292 g/mol. The van der Waals surface area contributed by atoms with Crippen molar-refractivity contribution in [3.05, 3.63) is 35.4 Å². The lowest BCUT2D eigenvalue weighted by Gasteiger charge is -2.27. The van der Waals surface area contributed by atoms with Crippen LogP contribution in [0.4, 0.5) is 0 Å². The second kappa shape index (κ2) is 9.19. The second-order valence-electron chi connectivity index (χ2n) is 6.57. The van der Waals surface area contributed by atoms with Crippen LogP contribution in [0.25, 0.3) is 0 Å². The normalized spacial score (nSPS) is 13.4. The van der Waals surface area contributed by atoms with Crippen LogP contribution in [0, 0.1) is 5.92 Å².